The van der Waals surface area contributed by atoms with Crippen LogP contribution in [0.1, 0.15) is 32.4 Å². The molecule has 2 rings (SSSR count). The highest BCUT2D eigenvalue weighted by Crippen LogP contribution is 2.22. The lowest BCUT2D eigenvalue weighted by Crippen LogP contribution is -2.43. The minimum atomic E-state index is 0.706. The van der Waals surface area contributed by atoms with Crippen LogP contribution in [0.3, 0.4) is 0 Å². The molecule has 3 nitrogen and oxygen atoms in total. The number of likely N-dealkylation sites (tertiary alicyclic amines) is 1. The van der Waals surface area contributed by atoms with Gasteiger partial charge >= 0.3 is 0 Å². The van der Waals surface area contributed by atoms with Crippen molar-refractivity contribution < 1.29 is 0 Å². The highest BCUT2D eigenvalue weighted by Gasteiger charge is 2.23. The second kappa shape index (κ2) is 5.50. The molecular formula is C14H23N3. The molecule has 2 unspecified atom stereocenters. The highest BCUT2D eigenvalue weighted by molar-refractivity contribution is 5.34. The van der Waals surface area contributed by atoms with Crippen molar-refractivity contribution in [3.63, 3.8) is 0 Å². The first kappa shape index (κ1) is 12.4. The monoisotopic (exact) mass is 233 g/mol. The molecule has 1 aliphatic heterocycles. The number of piperidine rings is 1. The molecule has 1 saturated heterocycles. The predicted molar refractivity (Wildman–Crippen MR) is 71.8 cm³/mol. The molecule has 1 aromatic heterocycles. The molecule has 0 radical (unpaired) electrons. The van der Waals surface area contributed by atoms with E-state index in [4.69, 9.17) is 5.73 Å². The van der Waals surface area contributed by atoms with Crippen molar-refractivity contribution in [1.82, 2.24) is 9.88 Å². The van der Waals surface area contributed by atoms with Gasteiger partial charge in [-0.25, -0.2) is 0 Å². The van der Waals surface area contributed by atoms with Gasteiger partial charge in [0.05, 0.1) is 11.9 Å². The number of hydrogen-bond acceptors (Lipinski definition) is 3. The van der Waals surface area contributed by atoms with E-state index in [-0.39, 0.29) is 0 Å². The third kappa shape index (κ3) is 3.19. The Kier molecular flexibility index (Phi) is 4.00. The molecule has 0 amide bonds. The Hall–Kier alpha value is -1.09. The van der Waals surface area contributed by atoms with E-state index in [1.807, 2.05) is 12.1 Å². The molecule has 0 spiro atoms. The van der Waals surface area contributed by atoms with Gasteiger partial charge in [-0.05, 0) is 44.4 Å². The van der Waals surface area contributed by atoms with Gasteiger partial charge in [-0.1, -0.05) is 6.92 Å². The third-order valence-corrected chi connectivity index (χ3v) is 4.01. The summed E-state index contributed by atoms with van der Waals surface area (Å²) in [7, 11) is 0. The Labute approximate surface area is 104 Å². The van der Waals surface area contributed by atoms with Crippen LogP contribution in [-0.4, -0.2) is 29.0 Å². The molecule has 1 aromatic rings. The van der Waals surface area contributed by atoms with Crippen LogP contribution >= 0.6 is 0 Å². The molecule has 0 aromatic carbocycles. The van der Waals surface area contributed by atoms with Gasteiger partial charge in [0.15, 0.2) is 0 Å². The maximum absolute atomic E-state index is 5.63. The Morgan fingerprint density at radius 3 is 2.94 bits per heavy atom. The van der Waals surface area contributed by atoms with Crippen molar-refractivity contribution in [2.75, 3.05) is 18.8 Å². The summed E-state index contributed by atoms with van der Waals surface area (Å²) in [6.07, 6.45) is 5.48. The normalized spacial score (nSPS) is 26.0. The van der Waals surface area contributed by atoms with Gasteiger partial charge in [-0.3, -0.25) is 4.98 Å². The maximum Gasteiger partial charge on any atom is 0.0501 e. The van der Waals surface area contributed by atoms with Crippen molar-refractivity contribution in [2.45, 2.75) is 39.2 Å². The molecule has 2 atom stereocenters. The summed E-state index contributed by atoms with van der Waals surface area (Å²) in [4.78, 5) is 6.94. The maximum atomic E-state index is 5.63. The molecule has 94 valence electrons. The summed E-state index contributed by atoms with van der Waals surface area (Å²) in [5, 5.41) is 0. The minimum Gasteiger partial charge on any atom is -0.397 e. The number of nitrogens with two attached hydrogens (primary N) is 1. The Morgan fingerprint density at radius 2 is 2.24 bits per heavy atom. The first-order valence-electron chi connectivity index (χ1n) is 6.61. The molecular weight excluding hydrogens is 210 g/mol. The lowest BCUT2D eigenvalue weighted by Gasteiger charge is -2.37. The summed E-state index contributed by atoms with van der Waals surface area (Å²) in [5.74, 6) is 0.822. The van der Waals surface area contributed by atoms with E-state index in [1.54, 1.807) is 6.20 Å². The standard InChI is InChI=1S/C14H23N3/c1-11-4-3-8-17(12(11)2)9-7-14-6-5-13(15)10-16-14/h5-6,10-12H,3-4,7-9,15H2,1-2H3. The smallest absolute Gasteiger partial charge is 0.0501 e. The fourth-order valence-corrected chi connectivity index (χ4v) is 2.58. The zero-order valence-corrected chi connectivity index (χ0v) is 10.9. The number of pyridine rings is 1. The summed E-state index contributed by atoms with van der Waals surface area (Å²) >= 11 is 0. The number of hydrogen-bond donors (Lipinski definition) is 1. The second-order valence-corrected chi connectivity index (χ2v) is 5.23. The zero-order valence-electron chi connectivity index (χ0n) is 10.9. The van der Waals surface area contributed by atoms with Crippen molar-refractivity contribution >= 4 is 5.69 Å². The predicted octanol–water partition coefficient (Wildman–Crippen LogP) is 2.33. The van der Waals surface area contributed by atoms with E-state index in [2.05, 4.69) is 23.7 Å². The van der Waals surface area contributed by atoms with E-state index in [0.29, 0.717) is 6.04 Å². The number of rotatable bonds is 3. The molecule has 0 bridgehead atoms. The van der Waals surface area contributed by atoms with Gasteiger partial charge in [0.2, 0.25) is 0 Å². The van der Waals surface area contributed by atoms with Crippen molar-refractivity contribution in [1.29, 1.82) is 0 Å². The molecule has 0 saturated carbocycles. The Balaban J connectivity index is 1.87. The molecule has 0 aliphatic carbocycles. The van der Waals surface area contributed by atoms with Crippen LogP contribution < -0.4 is 5.73 Å². The number of nitrogens with zero attached hydrogens (tertiary/aromatic N) is 2. The second-order valence-electron chi connectivity index (χ2n) is 5.23. The quantitative estimate of drug-likeness (QED) is 0.871. The molecule has 17 heavy (non-hydrogen) atoms. The average Bonchev–Trinajstić information content (AvgIpc) is 2.33. The summed E-state index contributed by atoms with van der Waals surface area (Å²) in [5.41, 5.74) is 7.52. The fraction of sp³-hybridized carbons (Fsp3) is 0.643. The van der Waals surface area contributed by atoms with Gasteiger partial charge in [0, 0.05) is 24.7 Å². The number of aromatic nitrogens is 1. The van der Waals surface area contributed by atoms with Crippen LogP contribution in [0.2, 0.25) is 0 Å². The topological polar surface area (TPSA) is 42.1 Å². The van der Waals surface area contributed by atoms with Crippen LogP contribution in [0.15, 0.2) is 18.3 Å². The summed E-state index contributed by atoms with van der Waals surface area (Å²) in [6, 6.07) is 4.68. The van der Waals surface area contributed by atoms with Gasteiger partial charge in [-0.2, -0.15) is 0 Å². The van der Waals surface area contributed by atoms with Crippen molar-refractivity contribution in [3.8, 4) is 0 Å². The molecule has 1 aliphatic rings. The largest absolute Gasteiger partial charge is 0.397 e. The van der Waals surface area contributed by atoms with Gasteiger partial charge < -0.3 is 10.6 Å². The lowest BCUT2D eigenvalue weighted by molar-refractivity contribution is 0.115. The Morgan fingerprint density at radius 1 is 1.41 bits per heavy atom. The van der Waals surface area contributed by atoms with Crippen molar-refractivity contribution in [2.24, 2.45) is 5.92 Å². The number of anilines is 1. The molecule has 2 N–H and O–H groups in total. The zero-order chi connectivity index (χ0) is 12.3. The first-order chi connectivity index (χ1) is 8.16. The van der Waals surface area contributed by atoms with E-state index in [1.165, 1.54) is 19.4 Å². The van der Waals surface area contributed by atoms with Crippen LogP contribution in [0.5, 0.6) is 0 Å². The highest BCUT2D eigenvalue weighted by atomic mass is 15.2. The summed E-state index contributed by atoms with van der Waals surface area (Å²) < 4.78 is 0. The van der Waals surface area contributed by atoms with Gasteiger partial charge in [-0.15, -0.1) is 0 Å². The summed E-state index contributed by atoms with van der Waals surface area (Å²) in [6.45, 7) is 7.06. The molecule has 3 heteroatoms. The third-order valence-electron chi connectivity index (χ3n) is 4.01. The van der Waals surface area contributed by atoms with Crippen LogP contribution in [0, 0.1) is 5.92 Å². The molecule has 1 fully saturated rings. The average molecular weight is 233 g/mol. The number of nitrogen functional groups attached to an aromatic ring is 1. The Bertz CT molecular complexity index is 347. The SMILES string of the molecule is CC1CCCN(CCc2ccc(N)cn2)C1C. The van der Waals surface area contributed by atoms with Crippen LogP contribution in [0.25, 0.3) is 0 Å². The van der Waals surface area contributed by atoms with Gasteiger partial charge in [0.25, 0.3) is 0 Å². The lowest BCUT2D eigenvalue weighted by atomic mass is 9.92. The van der Waals surface area contributed by atoms with Gasteiger partial charge in [0.1, 0.15) is 0 Å². The van der Waals surface area contributed by atoms with E-state index in [9.17, 15) is 0 Å². The van der Waals surface area contributed by atoms with E-state index in [0.717, 1.165) is 30.3 Å². The van der Waals surface area contributed by atoms with Crippen LogP contribution in [-0.2, 0) is 6.42 Å². The first-order valence-corrected chi connectivity index (χ1v) is 6.61. The van der Waals surface area contributed by atoms with E-state index >= 15 is 0 Å². The van der Waals surface area contributed by atoms with Crippen LogP contribution in [0.4, 0.5) is 5.69 Å². The molecule has 2 heterocycles. The fourth-order valence-electron chi connectivity index (χ4n) is 2.58. The van der Waals surface area contributed by atoms with E-state index < -0.39 is 0 Å². The minimum absolute atomic E-state index is 0.706. The van der Waals surface area contributed by atoms with Crippen molar-refractivity contribution in [3.05, 3.63) is 24.0 Å².